The molecule has 2 bridgehead atoms. The molecule has 1 saturated carbocycles. The van der Waals surface area contributed by atoms with Crippen molar-refractivity contribution >= 4 is 19.6 Å². The van der Waals surface area contributed by atoms with Crippen molar-refractivity contribution in [3.8, 4) is 22.6 Å². The van der Waals surface area contributed by atoms with E-state index in [-0.39, 0.29) is 17.7 Å². The summed E-state index contributed by atoms with van der Waals surface area (Å²) in [5, 5.41) is 22.9. The maximum absolute atomic E-state index is 15.3. The zero-order chi connectivity index (χ0) is 24.9. The molecule has 2 atom stereocenters. The lowest BCUT2D eigenvalue weighted by atomic mass is 10.0. The number of ether oxygens (including phenoxy) is 1. The summed E-state index contributed by atoms with van der Waals surface area (Å²) in [7, 11) is -4.00. The van der Waals surface area contributed by atoms with Crippen molar-refractivity contribution in [2.24, 2.45) is 0 Å². The molecule has 8 rings (SSSR count). The summed E-state index contributed by atoms with van der Waals surface area (Å²) >= 11 is 0. The number of anilines is 1. The minimum absolute atomic E-state index is 0.00588. The third-order valence-corrected chi connectivity index (χ3v) is 7.95. The van der Waals surface area contributed by atoms with Crippen molar-refractivity contribution in [1.82, 2.24) is 25.2 Å². The van der Waals surface area contributed by atoms with Crippen LogP contribution in [0.3, 0.4) is 0 Å². The standard InChI is InChI=1S/C21H18FN6O7P/c1-2-17(29)20-21(34-36(31,33-20)35-21)27(19(30)32-20)13-6-7-14(15(22)9-13)11-3-8-16(23-10-11)18-24-26-28(25-18)12-4-5-12/h3,6-10,12,17,29H,2,4-5H2,1H3/t17-,20-,21?,36?/m0/s1. The number of hydrogen-bond acceptors (Lipinski definition) is 11. The van der Waals surface area contributed by atoms with Crippen LogP contribution in [0.1, 0.15) is 32.2 Å². The van der Waals surface area contributed by atoms with E-state index in [2.05, 4.69) is 20.4 Å². The van der Waals surface area contributed by atoms with Crippen LogP contribution in [0.25, 0.3) is 22.6 Å². The second kappa shape index (κ2) is 7.14. The van der Waals surface area contributed by atoms with E-state index in [1.54, 1.807) is 23.9 Å². The number of amides is 1. The lowest BCUT2D eigenvalue weighted by Crippen LogP contribution is -2.63. The van der Waals surface area contributed by atoms with Crippen molar-refractivity contribution in [2.45, 2.75) is 50.0 Å². The van der Waals surface area contributed by atoms with Crippen molar-refractivity contribution in [3.05, 3.63) is 42.3 Å². The van der Waals surface area contributed by atoms with E-state index >= 15 is 4.39 Å². The summed E-state index contributed by atoms with van der Waals surface area (Å²) in [6.45, 7) is 1.61. The second-order valence-electron chi connectivity index (χ2n) is 8.86. The van der Waals surface area contributed by atoms with Crippen molar-refractivity contribution in [1.29, 1.82) is 0 Å². The maximum atomic E-state index is 15.3. The normalized spacial score (nSPS) is 31.2. The Labute approximate surface area is 202 Å². The number of benzene rings is 1. The summed E-state index contributed by atoms with van der Waals surface area (Å²) in [6.07, 6.45) is 1.20. The molecule has 4 aliphatic heterocycles. The van der Waals surface area contributed by atoms with Gasteiger partial charge in [0.05, 0.1) is 11.7 Å². The molecule has 4 saturated heterocycles. The second-order valence-corrected chi connectivity index (χ2v) is 10.3. The van der Waals surface area contributed by atoms with Gasteiger partial charge in [0.15, 0.2) is 0 Å². The summed E-state index contributed by atoms with van der Waals surface area (Å²) in [6, 6.07) is 7.58. The van der Waals surface area contributed by atoms with Crippen molar-refractivity contribution in [2.75, 3.05) is 4.90 Å². The molecule has 5 aliphatic rings. The Bertz CT molecular complexity index is 1450. The molecule has 13 nitrogen and oxygen atoms in total. The number of aliphatic hydroxyl groups excluding tert-OH is 1. The monoisotopic (exact) mass is 516 g/mol. The first kappa shape index (κ1) is 21.9. The van der Waals surface area contributed by atoms with E-state index in [0.717, 1.165) is 23.8 Å². The van der Waals surface area contributed by atoms with Gasteiger partial charge in [-0.05, 0) is 48.7 Å². The van der Waals surface area contributed by atoms with Gasteiger partial charge in [0.1, 0.15) is 17.6 Å². The smallest absolute Gasteiger partial charge is 0.405 e. The minimum atomic E-state index is -4.00. The molecule has 15 heteroatoms. The minimum Gasteiger partial charge on any atom is -0.405 e. The molecule has 1 aromatic carbocycles. The highest BCUT2D eigenvalue weighted by Crippen LogP contribution is 2.81. The zero-order valence-electron chi connectivity index (χ0n) is 18.6. The van der Waals surface area contributed by atoms with Gasteiger partial charge >= 0.3 is 25.6 Å². The number of carbonyl (C=O) groups is 1. The number of phosphoric acid groups is 1. The van der Waals surface area contributed by atoms with Gasteiger partial charge in [-0.1, -0.05) is 13.0 Å². The van der Waals surface area contributed by atoms with Gasteiger partial charge < -0.3 is 9.84 Å². The Kier molecular flexibility index (Phi) is 4.35. The highest BCUT2D eigenvalue weighted by molar-refractivity contribution is 7.50. The fourth-order valence-corrected chi connectivity index (χ4v) is 6.27. The quantitative estimate of drug-likeness (QED) is 0.481. The lowest BCUT2D eigenvalue weighted by molar-refractivity contribution is -0.281. The van der Waals surface area contributed by atoms with Gasteiger partial charge in [0.25, 0.3) is 0 Å². The number of rotatable bonds is 6. The predicted octanol–water partition coefficient (Wildman–Crippen LogP) is 3.14. The SMILES string of the molecule is CC[C@H](O)[C@@]12OC(=O)N(c3ccc(-c4ccc(-c5nnn(C6CC6)n5)nc4)c(F)c3)C13OP(=O)(O3)O2. The maximum Gasteiger partial charge on any atom is 0.486 e. The van der Waals surface area contributed by atoms with Crippen LogP contribution in [-0.4, -0.2) is 54.2 Å². The molecule has 186 valence electrons. The molecule has 3 aromatic rings. The molecule has 0 unspecified atom stereocenters. The number of tetrazole rings is 1. The average Bonchev–Trinajstić information content (AvgIpc) is 3.35. The van der Waals surface area contributed by atoms with E-state index in [1.807, 2.05) is 0 Å². The van der Waals surface area contributed by atoms with Crippen molar-refractivity contribution in [3.63, 3.8) is 0 Å². The molecule has 0 radical (unpaired) electrons. The molecule has 1 N–H and O–H groups in total. The number of halogens is 1. The Morgan fingerprint density at radius 3 is 2.72 bits per heavy atom. The van der Waals surface area contributed by atoms with Gasteiger partial charge in [0.2, 0.25) is 5.82 Å². The molecule has 5 fully saturated rings. The number of carbonyl (C=O) groups excluding carboxylic acids is 1. The first-order chi connectivity index (χ1) is 17.3. The van der Waals surface area contributed by atoms with E-state index in [4.69, 9.17) is 18.3 Å². The molecule has 1 aliphatic carbocycles. The third-order valence-electron chi connectivity index (χ3n) is 6.52. The average molecular weight is 516 g/mol. The van der Waals surface area contributed by atoms with Crippen molar-refractivity contribution < 1.29 is 37.2 Å². The Balaban J connectivity index is 1.19. The van der Waals surface area contributed by atoms with Crippen LogP contribution in [0.5, 0.6) is 0 Å². The topological polar surface area (TPSA) is 151 Å². The van der Waals surface area contributed by atoms with Crippen LogP contribution < -0.4 is 4.90 Å². The molecular formula is C21H18FN6O7P. The molecular weight excluding hydrogens is 498 g/mol. The highest BCUT2D eigenvalue weighted by Gasteiger charge is 2.91. The highest BCUT2D eigenvalue weighted by atomic mass is 31.2. The first-order valence-electron chi connectivity index (χ1n) is 11.3. The molecule has 6 heterocycles. The van der Waals surface area contributed by atoms with Gasteiger partial charge in [-0.15, -0.1) is 10.2 Å². The summed E-state index contributed by atoms with van der Waals surface area (Å²) < 4.78 is 48.8. The van der Waals surface area contributed by atoms with Crippen LogP contribution in [0, 0.1) is 5.82 Å². The van der Waals surface area contributed by atoms with Gasteiger partial charge in [-0.25, -0.2) is 32.2 Å². The third kappa shape index (κ3) is 2.84. The fourth-order valence-electron chi connectivity index (χ4n) is 4.55. The van der Waals surface area contributed by atoms with E-state index in [9.17, 15) is 14.5 Å². The number of phosphoric ester groups is 1. The number of aromatic nitrogens is 5. The fraction of sp³-hybridized carbons (Fsp3) is 0.381. The number of pyridine rings is 1. The molecule has 36 heavy (non-hydrogen) atoms. The van der Waals surface area contributed by atoms with Crippen LogP contribution in [0.4, 0.5) is 14.9 Å². The summed E-state index contributed by atoms with van der Waals surface area (Å²) in [5.41, 5.74) is 1.17. The van der Waals surface area contributed by atoms with Crippen LogP contribution in [0.15, 0.2) is 36.5 Å². The van der Waals surface area contributed by atoms with Crippen LogP contribution in [0.2, 0.25) is 0 Å². The zero-order valence-corrected chi connectivity index (χ0v) is 19.5. The number of aliphatic hydroxyl groups is 1. The number of nitrogens with zero attached hydrogens (tertiary/aromatic N) is 6. The van der Waals surface area contributed by atoms with E-state index in [1.165, 1.54) is 18.3 Å². The van der Waals surface area contributed by atoms with E-state index in [0.29, 0.717) is 23.1 Å². The van der Waals surface area contributed by atoms with Crippen LogP contribution >= 0.6 is 7.82 Å². The molecule has 1 amide bonds. The summed E-state index contributed by atoms with van der Waals surface area (Å²) in [4.78, 5) is 19.5. The largest absolute Gasteiger partial charge is 0.486 e. The van der Waals surface area contributed by atoms with Gasteiger partial charge in [-0.3, -0.25) is 4.98 Å². The number of hydrogen-bond donors (Lipinski definition) is 1. The Morgan fingerprint density at radius 1 is 1.25 bits per heavy atom. The first-order valence-corrected chi connectivity index (χ1v) is 12.7. The van der Waals surface area contributed by atoms with Gasteiger partial charge in [0, 0.05) is 17.3 Å². The summed E-state index contributed by atoms with van der Waals surface area (Å²) in [5.74, 6) is -4.58. The van der Waals surface area contributed by atoms with Crippen LogP contribution in [-0.2, 0) is 22.9 Å². The van der Waals surface area contributed by atoms with Gasteiger partial charge in [-0.2, -0.15) is 4.80 Å². The predicted molar refractivity (Wildman–Crippen MR) is 116 cm³/mol. The van der Waals surface area contributed by atoms with E-state index < -0.39 is 37.5 Å². The lowest BCUT2D eigenvalue weighted by Gasteiger charge is -2.39. The molecule has 1 spiro atoms. The Morgan fingerprint density at radius 2 is 2.06 bits per heavy atom. The Hall–Kier alpha value is -3.29. The molecule has 2 aromatic heterocycles.